The van der Waals surface area contributed by atoms with E-state index < -0.39 is 0 Å². The van der Waals surface area contributed by atoms with Gasteiger partial charge in [-0.15, -0.1) is 0 Å². The quantitative estimate of drug-likeness (QED) is 0.519. The smallest absolute Gasteiger partial charge is 0.229 e. The molecule has 1 amide bonds. The Morgan fingerprint density at radius 2 is 2.17 bits per heavy atom. The molecule has 3 heterocycles. The Kier molecular flexibility index (Phi) is 3.34. The highest BCUT2D eigenvalue weighted by Gasteiger charge is 2.07. The zero-order chi connectivity index (χ0) is 16.5. The Morgan fingerprint density at radius 1 is 1.25 bits per heavy atom. The average Bonchev–Trinajstić information content (AvgIpc) is 3.18. The molecular formula is C16H15N7O. The molecular weight excluding hydrogens is 306 g/mol. The van der Waals surface area contributed by atoms with Gasteiger partial charge in [0, 0.05) is 41.8 Å². The van der Waals surface area contributed by atoms with Gasteiger partial charge >= 0.3 is 0 Å². The molecule has 24 heavy (non-hydrogen) atoms. The summed E-state index contributed by atoms with van der Waals surface area (Å²) in [5.41, 5.74) is 7.82. The van der Waals surface area contributed by atoms with Crippen molar-refractivity contribution in [3.63, 3.8) is 0 Å². The molecule has 0 aliphatic carbocycles. The summed E-state index contributed by atoms with van der Waals surface area (Å²) in [5, 5.41) is 12.0. The molecule has 8 nitrogen and oxygen atoms in total. The van der Waals surface area contributed by atoms with Gasteiger partial charge in [-0.05, 0) is 24.3 Å². The number of hydrogen-bond donors (Lipinski definition) is 3. The lowest BCUT2D eigenvalue weighted by molar-refractivity contribution is -0.118. The van der Waals surface area contributed by atoms with Crippen LogP contribution in [0, 0.1) is 0 Å². The zero-order valence-corrected chi connectivity index (χ0v) is 12.7. The number of nitrogens with zero attached hydrogens (tertiary/aromatic N) is 4. The van der Waals surface area contributed by atoms with Gasteiger partial charge in [0.25, 0.3) is 0 Å². The first kappa shape index (κ1) is 14.2. The van der Waals surface area contributed by atoms with Gasteiger partial charge < -0.3 is 15.6 Å². The molecule has 0 spiro atoms. The summed E-state index contributed by atoms with van der Waals surface area (Å²) in [4.78, 5) is 19.8. The number of nitrogens with two attached hydrogens (primary N) is 1. The second kappa shape index (κ2) is 5.65. The Labute approximate surface area is 136 Å². The van der Waals surface area contributed by atoms with Crippen molar-refractivity contribution in [1.29, 1.82) is 0 Å². The Morgan fingerprint density at radius 3 is 3.04 bits per heavy atom. The maximum Gasteiger partial charge on any atom is 0.229 e. The Balaban J connectivity index is 1.63. The molecule has 4 N–H and O–H groups in total. The largest absolute Gasteiger partial charge is 0.370 e. The van der Waals surface area contributed by atoms with E-state index in [-0.39, 0.29) is 12.3 Å². The van der Waals surface area contributed by atoms with Gasteiger partial charge in [0.15, 0.2) is 0 Å². The van der Waals surface area contributed by atoms with Crippen LogP contribution in [0.25, 0.3) is 21.9 Å². The Bertz CT molecular complexity index is 1030. The summed E-state index contributed by atoms with van der Waals surface area (Å²) in [7, 11) is 0. The number of carbonyl (C=O) groups is 1. The first-order valence-corrected chi connectivity index (χ1v) is 7.49. The molecule has 0 radical (unpaired) electrons. The van der Waals surface area contributed by atoms with Gasteiger partial charge in [0.1, 0.15) is 5.65 Å². The molecule has 0 unspecified atom stereocenters. The normalized spacial score (nSPS) is 11.2. The summed E-state index contributed by atoms with van der Waals surface area (Å²) in [5.74, 6) is 0.155. The number of aromatic nitrogens is 5. The molecule has 4 rings (SSSR count). The first-order chi connectivity index (χ1) is 11.7. The van der Waals surface area contributed by atoms with Crippen LogP contribution < -0.4 is 11.1 Å². The van der Waals surface area contributed by atoms with Crippen molar-refractivity contribution in [3.05, 3.63) is 42.9 Å². The molecule has 3 aromatic heterocycles. The van der Waals surface area contributed by atoms with E-state index in [1.54, 1.807) is 12.4 Å². The maximum atomic E-state index is 11.0. The second-order valence-corrected chi connectivity index (χ2v) is 5.50. The molecule has 0 saturated carbocycles. The minimum absolute atomic E-state index is 0.272. The van der Waals surface area contributed by atoms with Gasteiger partial charge in [-0.1, -0.05) is 0 Å². The van der Waals surface area contributed by atoms with Crippen molar-refractivity contribution in [2.75, 3.05) is 5.32 Å². The van der Waals surface area contributed by atoms with E-state index in [1.807, 2.05) is 35.0 Å². The molecule has 0 atom stereocenters. The highest BCUT2D eigenvalue weighted by atomic mass is 16.1. The predicted molar refractivity (Wildman–Crippen MR) is 90.7 cm³/mol. The number of nitrogens with one attached hydrogen (secondary N) is 2. The van der Waals surface area contributed by atoms with Gasteiger partial charge in [0.2, 0.25) is 11.9 Å². The number of fused-ring (bicyclic) bond motifs is 2. The lowest BCUT2D eigenvalue weighted by atomic mass is 10.2. The number of aromatic amines is 1. The van der Waals surface area contributed by atoms with Crippen LogP contribution in [0.2, 0.25) is 0 Å². The van der Waals surface area contributed by atoms with Crippen molar-refractivity contribution >= 4 is 39.5 Å². The highest BCUT2D eigenvalue weighted by Crippen LogP contribution is 2.21. The van der Waals surface area contributed by atoms with Gasteiger partial charge in [-0.3, -0.25) is 9.89 Å². The third-order valence-electron chi connectivity index (χ3n) is 3.80. The number of carbonyl (C=O) groups excluding carboxylic acids is 1. The standard InChI is InChI=1S/C16H15N7O/c17-14(24)4-6-23-5-3-10-8-18-16(21-15(10)23)20-12-1-2-13-11(7-12)9-19-22-13/h1-3,5,7-9H,4,6H2,(H2,17,24)(H,19,22)(H,18,20,21). The summed E-state index contributed by atoms with van der Waals surface area (Å²) < 4.78 is 1.90. The first-order valence-electron chi connectivity index (χ1n) is 7.49. The fraction of sp³-hybridized carbons (Fsp3) is 0.125. The summed E-state index contributed by atoms with van der Waals surface area (Å²) >= 11 is 0. The number of benzene rings is 1. The molecule has 0 saturated heterocycles. The third kappa shape index (κ3) is 2.65. The van der Waals surface area contributed by atoms with Crippen molar-refractivity contribution in [1.82, 2.24) is 24.7 Å². The highest BCUT2D eigenvalue weighted by molar-refractivity contribution is 5.83. The summed E-state index contributed by atoms with van der Waals surface area (Å²) in [6, 6.07) is 7.76. The lowest BCUT2D eigenvalue weighted by Gasteiger charge is -2.07. The minimum atomic E-state index is -0.335. The van der Waals surface area contributed by atoms with Crippen LogP contribution >= 0.6 is 0 Å². The second-order valence-electron chi connectivity index (χ2n) is 5.50. The van der Waals surface area contributed by atoms with E-state index >= 15 is 0 Å². The fourth-order valence-corrected chi connectivity index (χ4v) is 2.59. The van der Waals surface area contributed by atoms with E-state index in [0.29, 0.717) is 12.5 Å². The molecule has 1 aromatic carbocycles. The molecule has 0 aliphatic rings. The monoisotopic (exact) mass is 321 g/mol. The molecule has 120 valence electrons. The van der Waals surface area contributed by atoms with Crippen molar-refractivity contribution in [2.45, 2.75) is 13.0 Å². The minimum Gasteiger partial charge on any atom is -0.370 e. The van der Waals surface area contributed by atoms with Crippen LogP contribution in [-0.2, 0) is 11.3 Å². The Hall–Kier alpha value is -3.42. The number of anilines is 2. The van der Waals surface area contributed by atoms with Gasteiger partial charge in [-0.25, -0.2) is 4.98 Å². The zero-order valence-electron chi connectivity index (χ0n) is 12.7. The third-order valence-corrected chi connectivity index (χ3v) is 3.80. The van der Waals surface area contributed by atoms with Crippen LogP contribution in [0.3, 0.4) is 0 Å². The number of aryl methyl sites for hydroxylation is 1. The fourth-order valence-electron chi connectivity index (χ4n) is 2.59. The van der Waals surface area contributed by atoms with Crippen LogP contribution in [-0.4, -0.2) is 30.6 Å². The van der Waals surface area contributed by atoms with Crippen LogP contribution in [0.15, 0.2) is 42.9 Å². The number of H-pyrrole nitrogens is 1. The number of amides is 1. The lowest BCUT2D eigenvalue weighted by Crippen LogP contribution is -2.13. The van der Waals surface area contributed by atoms with Gasteiger partial charge in [-0.2, -0.15) is 10.1 Å². The SMILES string of the molecule is NC(=O)CCn1ccc2cnc(Nc3ccc4[nH]ncc4c3)nc21. The maximum absolute atomic E-state index is 11.0. The van der Waals surface area contributed by atoms with E-state index in [0.717, 1.165) is 27.6 Å². The molecule has 4 aromatic rings. The van der Waals surface area contributed by atoms with Crippen molar-refractivity contribution < 1.29 is 4.79 Å². The van der Waals surface area contributed by atoms with Crippen molar-refractivity contribution in [2.24, 2.45) is 5.73 Å². The molecule has 8 heteroatoms. The molecule has 0 aliphatic heterocycles. The summed E-state index contributed by atoms with van der Waals surface area (Å²) in [6.07, 6.45) is 5.67. The number of primary amides is 1. The molecule has 0 fully saturated rings. The van der Waals surface area contributed by atoms with Gasteiger partial charge in [0.05, 0.1) is 11.7 Å². The molecule has 0 bridgehead atoms. The topological polar surface area (TPSA) is 115 Å². The van der Waals surface area contributed by atoms with E-state index in [4.69, 9.17) is 5.73 Å². The van der Waals surface area contributed by atoms with Crippen LogP contribution in [0.4, 0.5) is 11.6 Å². The van der Waals surface area contributed by atoms with Crippen LogP contribution in [0.1, 0.15) is 6.42 Å². The van der Waals surface area contributed by atoms with Crippen LogP contribution in [0.5, 0.6) is 0 Å². The van der Waals surface area contributed by atoms with E-state index in [2.05, 4.69) is 25.5 Å². The number of rotatable bonds is 5. The number of hydrogen-bond acceptors (Lipinski definition) is 5. The van der Waals surface area contributed by atoms with E-state index in [9.17, 15) is 4.79 Å². The summed E-state index contributed by atoms with van der Waals surface area (Å²) in [6.45, 7) is 0.496. The predicted octanol–water partition coefficient (Wildman–Crippen LogP) is 1.93. The van der Waals surface area contributed by atoms with E-state index in [1.165, 1.54) is 0 Å². The average molecular weight is 321 g/mol. The van der Waals surface area contributed by atoms with Crippen molar-refractivity contribution in [3.8, 4) is 0 Å².